The number of halogens is 1. The zero-order valence-corrected chi connectivity index (χ0v) is 10.4. The third kappa shape index (κ3) is 2.78. The Morgan fingerprint density at radius 2 is 2.06 bits per heavy atom. The Morgan fingerprint density at radius 3 is 2.72 bits per heavy atom. The summed E-state index contributed by atoms with van der Waals surface area (Å²) in [7, 11) is 0. The van der Waals surface area contributed by atoms with Crippen LogP contribution in [0.1, 0.15) is 16.1 Å². The van der Waals surface area contributed by atoms with Gasteiger partial charge in [-0.2, -0.15) is 0 Å². The Balaban J connectivity index is 2.35. The Bertz CT molecular complexity index is 599. The van der Waals surface area contributed by atoms with E-state index in [1.807, 2.05) is 12.1 Å². The van der Waals surface area contributed by atoms with Crippen LogP contribution in [0.5, 0.6) is 0 Å². The van der Waals surface area contributed by atoms with Gasteiger partial charge in [0.25, 0.3) is 0 Å². The van der Waals surface area contributed by atoms with Crippen LogP contribution in [-0.2, 0) is 0 Å². The molecule has 4 nitrogen and oxygen atoms in total. The normalized spacial score (nSPS) is 10.1. The molecule has 2 N–H and O–H groups in total. The molecule has 2 aromatic rings. The predicted octanol–water partition coefficient (Wildman–Crippen LogP) is 3.49. The van der Waals surface area contributed by atoms with Crippen molar-refractivity contribution in [2.45, 2.75) is 6.92 Å². The fourth-order valence-corrected chi connectivity index (χ4v) is 1.74. The molecule has 0 saturated carbocycles. The van der Waals surface area contributed by atoms with Crippen molar-refractivity contribution in [2.24, 2.45) is 0 Å². The maximum absolute atomic E-state index is 10.9. The number of hydrogen-bond donors (Lipinski definition) is 2. The molecule has 1 aromatic heterocycles. The first-order valence-corrected chi connectivity index (χ1v) is 5.67. The van der Waals surface area contributed by atoms with E-state index in [1.54, 1.807) is 19.1 Å². The Hall–Kier alpha value is -2.07. The van der Waals surface area contributed by atoms with Crippen LogP contribution in [0.15, 0.2) is 36.4 Å². The molecule has 0 bridgehead atoms. The van der Waals surface area contributed by atoms with Crippen molar-refractivity contribution in [3.63, 3.8) is 0 Å². The summed E-state index contributed by atoms with van der Waals surface area (Å²) >= 11 is 6.01. The molecule has 0 amide bonds. The highest BCUT2D eigenvalue weighted by atomic mass is 35.5. The number of benzene rings is 1. The SMILES string of the molecule is Cc1cc(C(=O)O)cc(Nc2ccccc2Cl)n1. The van der Waals surface area contributed by atoms with Gasteiger partial charge < -0.3 is 10.4 Å². The lowest BCUT2D eigenvalue weighted by atomic mass is 10.2. The van der Waals surface area contributed by atoms with Crippen LogP contribution >= 0.6 is 11.6 Å². The molecule has 0 radical (unpaired) electrons. The molecule has 0 aliphatic rings. The van der Waals surface area contributed by atoms with E-state index in [1.165, 1.54) is 12.1 Å². The summed E-state index contributed by atoms with van der Waals surface area (Å²) in [6, 6.07) is 10.2. The summed E-state index contributed by atoms with van der Waals surface area (Å²) in [4.78, 5) is 15.2. The lowest BCUT2D eigenvalue weighted by Crippen LogP contribution is -2.02. The number of aryl methyl sites for hydroxylation is 1. The fourth-order valence-electron chi connectivity index (χ4n) is 1.56. The standard InChI is InChI=1S/C13H11ClN2O2/c1-8-6-9(13(17)18)7-12(15-8)16-11-5-3-2-4-10(11)14/h2-7H,1H3,(H,15,16)(H,17,18). The fraction of sp³-hybridized carbons (Fsp3) is 0.0769. The second-order valence-corrected chi connectivity index (χ2v) is 4.20. The van der Waals surface area contributed by atoms with Crippen LogP contribution in [0.25, 0.3) is 0 Å². The van der Waals surface area contributed by atoms with Gasteiger partial charge in [0.2, 0.25) is 0 Å². The van der Waals surface area contributed by atoms with Gasteiger partial charge in [-0.3, -0.25) is 0 Å². The number of nitrogens with one attached hydrogen (secondary N) is 1. The van der Waals surface area contributed by atoms with Crippen LogP contribution in [0.4, 0.5) is 11.5 Å². The molecule has 0 aliphatic heterocycles. The van der Waals surface area contributed by atoms with Crippen LogP contribution in [0, 0.1) is 6.92 Å². The molecule has 5 heteroatoms. The average Bonchev–Trinajstić information content (AvgIpc) is 2.31. The first kappa shape index (κ1) is 12.4. The van der Waals surface area contributed by atoms with Crippen LogP contribution in [0.2, 0.25) is 5.02 Å². The molecule has 0 unspecified atom stereocenters. The number of carbonyl (C=O) groups is 1. The van der Waals surface area contributed by atoms with E-state index in [0.29, 0.717) is 22.2 Å². The van der Waals surface area contributed by atoms with Gasteiger partial charge >= 0.3 is 5.97 Å². The van der Waals surface area contributed by atoms with Gasteiger partial charge in [-0.1, -0.05) is 23.7 Å². The number of rotatable bonds is 3. The number of carboxylic acids is 1. The lowest BCUT2D eigenvalue weighted by Gasteiger charge is -2.08. The summed E-state index contributed by atoms with van der Waals surface area (Å²) < 4.78 is 0. The number of nitrogens with zero attached hydrogens (tertiary/aromatic N) is 1. The first-order chi connectivity index (χ1) is 8.56. The Morgan fingerprint density at radius 1 is 1.33 bits per heavy atom. The number of anilines is 2. The smallest absolute Gasteiger partial charge is 0.335 e. The van der Waals surface area contributed by atoms with Gasteiger partial charge in [0.05, 0.1) is 16.3 Å². The highest BCUT2D eigenvalue weighted by Gasteiger charge is 2.07. The third-order valence-corrected chi connectivity index (χ3v) is 2.67. The molecular weight excluding hydrogens is 252 g/mol. The molecule has 0 saturated heterocycles. The minimum Gasteiger partial charge on any atom is -0.478 e. The zero-order chi connectivity index (χ0) is 13.1. The van der Waals surface area contributed by atoms with Crippen LogP contribution < -0.4 is 5.32 Å². The molecule has 0 aliphatic carbocycles. The van der Waals surface area contributed by atoms with Gasteiger partial charge in [0.15, 0.2) is 0 Å². The van der Waals surface area contributed by atoms with Gasteiger partial charge in [-0.15, -0.1) is 0 Å². The molecule has 18 heavy (non-hydrogen) atoms. The largest absolute Gasteiger partial charge is 0.478 e. The van der Waals surface area contributed by atoms with E-state index >= 15 is 0 Å². The zero-order valence-electron chi connectivity index (χ0n) is 9.64. The number of para-hydroxylation sites is 1. The first-order valence-electron chi connectivity index (χ1n) is 5.30. The number of aromatic carboxylic acids is 1. The van der Waals surface area contributed by atoms with E-state index in [2.05, 4.69) is 10.3 Å². The number of aromatic nitrogens is 1. The monoisotopic (exact) mass is 262 g/mol. The quantitative estimate of drug-likeness (QED) is 0.889. The highest BCUT2D eigenvalue weighted by Crippen LogP contribution is 2.24. The minimum absolute atomic E-state index is 0.192. The van der Waals surface area contributed by atoms with Gasteiger partial charge in [-0.05, 0) is 31.2 Å². The van der Waals surface area contributed by atoms with E-state index in [9.17, 15) is 4.79 Å². The molecule has 1 heterocycles. The van der Waals surface area contributed by atoms with Gasteiger partial charge in [0, 0.05) is 5.69 Å². The number of hydrogen-bond acceptors (Lipinski definition) is 3. The minimum atomic E-state index is -0.984. The maximum atomic E-state index is 10.9. The van der Waals surface area contributed by atoms with E-state index < -0.39 is 5.97 Å². The molecule has 0 spiro atoms. The summed E-state index contributed by atoms with van der Waals surface area (Å²) in [6.45, 7) is 1.74. The summed E-state index contributed by atoms with van der Waals surface area (Å²) in [5, 5.41) is 12.5. The van der Waals surface area contributed by atoms with Crippen molar-refractivity contribution < 1.29 is 9.90 Å². The molecule has 92 valence electrons. The van der Waals surface area contributed by atoms with Crippen molar-refractivity contribution in [3.05, 3.63) is 52.7 Å². The summed E-state index contributed by atoms with van der Waals surface area (Å²) in [5.74, 6) is -0.525. The Labute approximate surface area is 109 Å². The van der Waals surface area contributed by atoms with Crippen molar-refractivity contribution in [2.75, 3.05) is 5.32 Å². The van der Waals surface area contributed by atoms with Crippen molar-refractivity contribution >= 4 is 29.1 Å². The lowest BCUT2D eigenvalue weighted by molar-refractivity contribution is 0.0696. The topological polar surface area (TPSA) is 62.2 Å². The van der Waals surface area contributed by atoms with E-state index in [0.717, 1.165) is 0 Å². The maximum Gasteiger partial charge on any atom is 0.335 e. The van der Waals surface area contributed by atoms with Crippen molar-refractivity contribution in [3.8, 4) is 0 Å². The molecule has 0 fully saturated rings. The van der Waals surface area contributed by atoms with Crippen LogP contribution in [0.3, 0.4) is 0 Å². The molecule has 2 rings (SSSR count). The summed E-state index contributed by atoms with van der Waals surface area (Å²) in [6.07, 6.45) is 0. The average molecular weight is 263 g/mol. The third-order valence-electron chi connectivity index (χ3n) is 2.34. The van der Waals surface area contributed by atoms with Crippen LogP contribution in [-0.4, -0.2) is 16.1 Å². The van der Waals surface area contributed by atoms with E-state index in [-0.39, 0.29) is 5.56 Å². The van der Waals surface area contributed by atoms with Crippen molar-refractivity contribution in [1.82, 2.24) is 4.98 Å². The number of pyridine rings is 1. The second-order valence-electron chi connectivity index (χ2n) is 3.79. The van der Waals surface area contributed by atoms with E-state index in [4.69, 9.17) is 16.7 Å². The van der Waals surface area contributed by atoms with Gasteiger partial charge in [-0.25, -0.2) is 9.78 Å². The molecule has 0 atom stereocenters. The highest BCUT2D eigenvalue weighted by molar-refractivity contribution is 6.33. The second kappa shape index (κ2) is 5.06. The predicted molar refractivity (Wildman–Crippen MR) is 70.7 cm³/mol. The van der Waals surface area contributed by atoms with Gasteiger partial charge in [0.1, 0.15) is 5.82 Å². The molecule has 1 aromatic carbocycles. The van der Waals surface area contributed by atoms with Crippen molar-refractivity contribution in [1.29, 1.82) is 0 Å². The number of carboxylic acid groups (broad SMARTS) is 1. The molecular formula is C13H11ClN2O2. The Kier molecular flexibility index (Phi) is 3.48. The summed E-state index contributed by atoms with van der Waals surface area (Å²) in [5.41, 5.74) is 1.51.